The van der Waals surface area contributed by atoms with Gasteiger partial charge >= 0.3 is 6.18 Å². The molecule has 2 amide bonds. The molecule has 1 heterocycles. The van der Waals surface area contributed by atoms with Gasteiger partial charge in [-0.05, 0) is 37.1 Å². The maximum Gasteiger partial charge on any atom is 0.417 e. The molecule has 1 aromatic heterocycles. The SMILES string of the molecule is O=C(Nc1ccc(NC(=O)C2CC2)nc1)c1ccccc1C(F)(F)F. The number of hydrogen-bond acceptors (Lipinski definition) is 3. The lowest BCUT2D eigenvalue weighted by Gasteiger charge is -2.12. The number of alkyl halides is 3. The van der Waals surface area contributed by atoms with Crippen LogP contribution in [-0.2, 0) is 11.0 Å². The number of nitrogens with one attached hydrogen (secondary N) is 2. The molecule has 25 heavy (non-hydrogen) atoms. The molecule has 0 saturated heterocycles. The van der Waals surface area contributed by atoms with Crippen molar-refractivity contribution in [2.24, 2.45) is 5.92 Å². The fraction of sp³-hybridized carbons (Fsp3) is 0.235. The average Bonchev–Trinajstić information content (AvgIpc) is 3.41. The van der Waals surface area contributed by atoms with Crippen molar-refractivity contribution in [3.63, 3.8) is 0 Å². The normalized spacial score (nSPS) is 14.0. The van der Waals surface area contributed by atoms with Crippen LogP contribution in [0.2, 0.25) is 0 Å². The minimum atomic E-state index is -4.62. The lowest BCUT2D eigenvalue weighted by atomic mass is 10.1. The molecular weight excluding hydrogens is 335 g/mol. The first-order chi connectivity index (χ1) is 11.8. The number of halogens is 3. The fourth-order valence-electron chi connectivity index (χ4n) is 2.24. The van der Waals surface area contributed by atoms with Gasteiger partial charge in [0.15, 0.2) is 0 Å². The van der Waals surface area contributed by atoms with E-state index in [0.717, 1.165) is 25.0 Å². The summed E-state index contributed by atoms with van der Waals surface area (Å²) in [6, 6.07) is 7.48. The minimum Gasteiger partial charge on any atom is -0.321 e. The summed E-state index contributed by atoms with van der Waals surface area (Å²) in [5, 5.41) is 5.01. The number of hydrogen-bond donors (Lipinski definition) is 2. The zero-order valence-electron chi connectivity index (χ0n) is 12.9. The molecule has 0 bridgehead atoms. The first-order valence-electron chi connectivity index (χ1n) is 7.59. The standard InChI is InChI=1S/C17H14F3N3O2/c18-17(19,20)13-4-2-1-3-12(13)16(25)22-11-7-8-14(21-9-11)23-15(24)10-5-6-10/h1-4,7-10H,5-6H2,(H,22,25)(H,21,23,24). The Morgan fingerprint density at radius 3 is 2.36 bits per heavy atom. The molecule has 1 aromatic carbocycles. The highest BCUT2D eigenvalue weighted by Crippen LogP contribution is 2.32. The molecular formula is C17H14F3N3O2. The van der Waals surface area contributed by atoms with Crippen molar-refractivity contribution in [3.05, 3.63) is 53.7 Å². The lowest BCUT2D eigenvalue weighted by Crippen LogP contribution is -2.19. The topological polar surface area (TPSA) is 71.1 Å². The molecule has 0 aliphatic heterocycles. The van der Waals surface area contributed by atoms with E-state index in [1.165, 1.54) is 30.5 Å². The van der Waals surface area contributed by atoms with Crippen LogP contribution in [0.1, 0.15) is 28.8 Å². The molecule has 2 aromatic rings. The summed E-state index contributed by atoms with van der Waals surface area (Å²) in [5.74, 6) is -0.640. The highest BCUT2D eigenvalue weighted by molar-refractivity contribution is 6.05. The number of benzene rings is 1. The largest absolute Gasteiger partial charge is 0.417 e. The lowest BCUT2D eigenvalue weighted by molar-refractivity contribution is -0.137. The van der Waals surface area contributed by atoms with Crippen LogP contribution in [0.5, 0.6) is 0 Å². The van der Waals surface area contributed by atoms with E-state index in [1.54, 1.807) is 0 Å². The first kappa shape index (κ1) is 16.9. The number of amides is 2. The van der Waals surface area contributed by atoms with Gasteiger partial charge in [-0.3, -0.25) is 9.59 Å². The molecule has 130 valence electrons. The maximum atomic E-state index is 13.0. The van der Waals surface area contributed by atoms with Gasteiger partial charge in [-0.1, -0.05) is 12.1 Å². The summed E-state index contributed by atoms with van der Waals surface area (Å²) in [7, 11) is 0. The highest BCUT2D eigenvalue weighted by atomic mass is 19.4. The molecule has 1 aliphatic carbocycles. The summed E-state index contributed by atoms with van der Waals surface area (Å²) >= 11 is 0. The Kier molecular flexibility index (Phi) is 4.43. The fourth-order valence-corrected chi connectivity index (χ4v) is 2.24. The van der Waals surface area contributed by atoms with Crippen molar-refractivity contribution < 1.29 is 22.8 Å². The van der Waals surface area contributed by atoms with Gasteiger partial charge in [0.2, 0.25) is 5.91 Å². The Morgan fingerprint density at radius 1 is 1.04 bits per heavy atom. The predicted octanol–water partition coefficient (Wildman–Crippen LogP) is 3.70. The van der Waals surface area contributed by atoms with E-state index in [1.807, 2.05) is 0 Å². The molecule has 1 aliphatic rings. The van der Waals surface area contributed by atoms with E-state index in [4.69, 9.17) is 0 Å². The van der Waals surface area contributed by atoms with Crippen LogP contribution in [0.3, 0.4) is 0 Å². The second kappa shape index (κ2) is 6.54. The number of anilines is 2. The van der Waals surface area contributed by atoms with Crippen molar-refractivity contribution in [1.29, 1.82) is 0 Å². The van der Waals surface area contributed by atoms with Gasteiger partial charge in [-0.25, -0.2) is 4.98 Å². The van der Waals surface area contributed by atoms with Gasteiger partial charge in [0.1, 0.15) is 5.82 Å². The van der Waals surface area contributed by atoms with Crippen LogP contribution >= 0.6 is 0 Å². The van der Waals surface area contributed by atoms with Gasteiger partial charge in [0, 0.05) is 5.92 Å². The molecule has 8 heteroatoms. The summed E-state index contributed by atoms with van der Waals surface area (Å²) in [5.41, 5.74) is -1.25. The Hall–Kier alpha value is -2.90. The van der Waals surface area contributed by atoms with Crippen LogP contribution in [0.15, 0.2) is 42.6 Å². The number of rotatable bonds is 4. The van der Waals surface area contributed by atoms with Crippen molar-refractivity contribution in [3.8, 4) is 0 Å². The quantitative estimate of drug-likeness (QED) is 0.884. The zero-order valence-corrected chi connectivity index (χ0v) is 12.9. The highest BCUT2D eigenvalue weighted by Gasteiger charge is 2.34. The van der Waals surface area contributed by atoms with Gasteiger partial charge < -0.3 is 10.6 Å². The zero-order chi connectivity index (χ0) is 18.0. The summed E-state index contributed by atoms with van der Waals surface area (Å²) in [6.07, 6.45) is -1.63. The Morgan fingerprint density at radius 2 is 1.76 bits per heavy atom. The Labute approximate surface area is 141 Å². The van der Waals surface area contributed by atoms with Gasteiger partial charge in [-0.15, -0.1) is 0 Å². The van der Waals surface area contributed by atoms with Crippen LogP contribution in [0.4, 0.5) is 24.7 Å². The minimum absolute atomic E-state index is 0.0278. The molecule has 5 nitrogen and oxygen atoms in total. The number of nitrogens with zero attached hydrogens (tertiary/aromatic N) is 1. The second-order valence-corrected chi connectivity index (χ2v) is 5.69. The van der Waals surface area contributed by atoms with E-state index >= 15 is 0 Å². The third kappa shape index (κ3) is 4.14. The molecule has 2 N–H and O–H groups in total. The van der Waals surface area contributed by atoms with Gasteiger partial charge in [-0.2, -0.15) is 13.2 Å². The maximum absolute atomic E-state index is 13.0. The van der Waals surface area contributed by atoms with Gasteiger partial charge in [0.05, 0.1) is 23.0 Å². The molecule has 1 saturated carbocycles. The Bertz CT molecular complexity index is 800. The summed E-state index contributed by atoms with van der Waals surface area (Å²) in [6.45, 7) is 0. The van der Waals surface area contributed by atoms with E-state index in [2.05, 4.69) is 15.6 Å². The number of aromatic nitrogens is 1. The van der Waals surface area contributed by atoms with Crippen LogP contribution in [0, 0.1) is 5.92 Å². The smallest absolute Gasteiger partial charge is 0.321 e. The predicted molar refractivity (Wildman–Crippen MR) is 85.0 cm³/mol. The molecule has 0 radical (unpaired) electrons. The monoisotopic (exact) mass is 349 g/mol. The van der Waals surface area contributed by atoms with Crippen molar-refractivity contribution in [1.82, 2.24) is 4.98 Å². The van der Waals surface area contributed by atoms with Crippen molar-refractivity contribution >= 4 is 23.3 Å². The van der Waals surface area contributed by atoms with Crippen molar-refractivity contribution in [2.45, 2.75) is 19.0 Å². The third-order valence-corrected chi connectivity index (χ3v) is 3.70. The van der Waals surface area contributed by atoms with E-state index in [-0.39, 0.29) is 17.5 Å². The van der Waals surface area contributed by atoms with E-state index in [0.29, 0.717) is 5.82 Å². The van der Waals surface area contributed by atoms with Crippen LogP contribution < -0.4 is 10.6 Å². The number of carbonyl (C=O) groups is 2. The number of pyridine rings is 1. The Balaban J connectivity index is 1.70. The molecule has 0 spiro atoms. The first-order valence-corrected chi connectivity index (χ1v) is 7.59. The number of carbonyl (C=O) groups excluding carboxylic acids is 2. The average molecular weight is 349 g/mol. The van der Waals surface area contributed by atoms with Crippen LogP contribution in [0.25, 0.3) is 0 Å². The second-order valence-electron chi connectivity index (χ2n) is 5.69. The van der Waals surface area contributed by atoms with E-state index in [9.17, 15) is 22.8 Å². The van der Waals surface area contributed by atoms with Gasteiger partial charge in [0.25, 0.3) is 5.91 Å². The van der Waals surface area contributed by atoms with Crippen LogP contribution in [-0.4, -0.2) is 16.8 Å². The molecule has 0 unspecified atom stereocenters. The van der Waals surface area contributed by atoms with Crippen molar-refractivity contribution in [2.75, 3.05) is 10.6 Å². The van der Waals surface area contributed by atoms with E-state index < -0.39 is 23.2 Å². The molecule has 0 atom stereocenters. The summed E-state index contributed by atoms with van der Waals surface area (Å²) < 4.78 is 38.9. The molecule has 3 rings (SSSR count). The molecule has 1 fully saturated rings. The third-order valence-electron chi connectivity index (χ3n) is 3.70. The summed E-state index contributed by atoms with van der Waals surface area (Å²) in [4.78, 5) is 27.7.